The van der Waals surface area contributed by atoms with E-state index in [1.807, 2.05) is 6.92 Å². The minimum atomic E-state index is -0.957. The Hall–Kier alpha value is -0.160. The summed E-state index contributed by atoms with van der Waals surface area (Å²) in [5.41, 5.74) is 0. The van der Waals surface area contributed by atoms with Crippen molar-refractivity contribution >= 4 is 0 Å². The van der Waals surface area contributed by atoms with Gasteiger partial charge >= 0.3 is 0 Å². The van der Waals surface area contributed by atoms with E-state index in [-0.39, 0.29) is 6.42 Å². The molecule has 0 bridgehead atoms. The van der Waals surface area contributed by atoms with E-state index in [2.05, 4.69) is 0 Å². The van der Waals surface area contributed by atoms with Gasteiger partial charge in [0, 0.05) is 6.42 Å². The minimum absolute atomic E-state index is 0.0240. The van der Waals surface area contributed by atoms with Gasteiger partial charge in [-0.2, -0.15) is 0 Å². The Morgan fingerprint density at radius 2 is 1.29 bits per heavy atom. The van der Waals surface area contributed by atoms with Crippen LogP contribution in [0.5, 0.6) is 0 Å². The smallest absolute Gasteiger partial charge is 0.0824 e. The van der Waals surface area contributed by atoms with E-state index in [0.717, 1.165) is 6.42 Å². The molecule has 0 aromatic rings. The predicted octanol–water partition coefficient (Wildman–Crippen LogP) is 0.0302. The van der Waals surface area contributed by atoms with Gasteiger partial charge in [-0.15, -0.1) is 0 Å². The molecule has 4 N–H and O–H groups in total. The van der Waals surface area contributed by atoms with Crippen LogP contribution in [0.4, 0.5) is 0 Å². The molecule has 0 aliphatic rings. The first-order chi connectivity index (χ1) is 6.52. The zero-order valence-corrected chi connectivity index (χ0v) is 8.93. The summed E-state index contributed by atoms with van der Waals surface area (Å²) in [4.78, 5) is 0. The van der Waals surface area contributed by atoms with E-state index < -0.39 is 24.4 Å². The van der Waals surface area contributed by atoms with Crippen molar-refractivity contribution in [3.8, 4) is 0 Å². The molecule has 86 valence electrons. The molecule has 4 nitrogen and oxygen atoms in total. The van der Waals surface area contributed by atoms with Gasteiger partial charge < -0.3 is 20.4 Å². The first kappa shape index (κ1) is 13.8. The lowest BCUT2D eigenvalue weighted by Gasteiger charge is -2.22. The second-order valence-electron chi connectivity index (χ2n) is 3.70. The highest BCUT2D eigenvalue weighted by Crippen LogP contribution is 2.11. The molecule has 0 aliphatic heterocycles. The average Bonchev–Trinajstić information content (AvgIpc) is 2.16. The van der Waals surface area contributed by atoms with Crippen molar-refractivity contribution in [2.45, 2.75) is 63.9 Å². The summed E-state index contributed by atoms with van der Waals surface area (Å²) < 4.78 is 0. The van der Waals surface area contributed by atoms with Gasteiger partial charge in [0.15, 0.2) is 0 Å². The van der Waals surface area contributed by atoms with Gasteiger partial charge in [-0.05, 0) is 12.8 Å². The Kier molecular flexibility index (Phi) is 7.09. The van der Waals surface area contributed by atoms with Gasteiger partial charge in [0.1, 0.15) is 0 Å². The number of aliphatic hydroxyl groups excluding tert-OH is 4. The van der Waals surface area contributed by atoms with Crippen molar-refractivity contribution < 1.29 is 20.4 Å². The number of rotatable bonds is 7. The predicted molar refractivity (Wildman–Crippen MR) is 53.8 cm³/mol. The largest absolute Gasteiger partial charge is 0.390 e. The second kappa shape index (κ2) is 7.17. The Morgan fingerprint density at radius 3 is 1.71 bits per heavy atom. The zero-order valence-electron chi connectivity index (χ0n) is 8.93. The van der Waals surface area contributed by atoms with Crippen LogP contribution in [-0.4, -0.2) is 44.8 Å². The molecule has 4 atom stereocenters. The first-order valence-corrected chi connectivity index (χ1v) is 5.25. The molecular weight excluding hydrogens is 184 g/mol. The molecule has 0 rings (SSSR count). The van der Waals surface area contributed by atoms with Crippen LogP contribution in [0.2, 0.25) is 0 Å². The number of hydrogen-bond acceptors (Lipinski definition) is 4. The fraction of sp³-hybridized carbons (Fsp3) is 1.00. The molecular formula is C10H22O4. The number of aliphatic hydroxyl groups is 4. The molecule has 0 heterocycles. The van der Waals surface area contributed by atoms with Gasteiger partial charge in [-0.25, -0.2) is 0 Å². The third-order valence-corrected chi connectivity index (χ3v) is 2.37. The van der Waals surface area contributed by atoms with Crippen LogP contribution in [0.1, 0.15) is 39.5 Å². The van der Waals surface area contributed by atoms with Gasteiger partial charge in [-0.3, -0.25) is 0 Å². The van der Waals surface area contributed by atoms with Crippen LogP contribution in [0.3, 0.4) is 0 Å². The van der Waals surface area contributed by atoms with E-state index in [1.165, 1.54) is 0 Å². The molecule has 1 unspecified atom stereocenters. The molecule has 4 heteroatoms. The molecule has 0 aromatic heterocycles. The normalized spacial score (nSPS) is 20.1. The lowest BCUT2D eigenvalue weighted by atomic mass is 9.99. The Labute approximate surface area is 85.2 Å². The molecule has 0 spiro atoms. The van der Waals surface area contributed by atoms with Crippen molar-refractivity contribution in [3.63, 3.8) is 0 Å². The van der Waals surface area contributed by atoms with Crippen molar-refractivity contribution in [3.05, 3.63) is 0 Å². The number of hydrogen-bond donors (Lipinski definition) is 4. The topological polar surface area (TPSA) is 80.9 Å². The van der Waals surface area contributed by atoms with E-state index in [0.29, 0.717) is 12.8 Å². The van der Waals surface area contributed by atoms with Crippen LogP contribution in [0.25, 0.3) is 0 Å². The maximum absolute atomic E-state index is 9.44. The van der Waals surface area contributed by atoms with Gasteiger partial charge in [0.25, 0.3) is 0 Å². The van der Waals surface area contributed by atoms with E-state index in [1.54, 1.807) is 6.92 Å². The van der Waals surface area contributed by atoms with E-state index >= 15 is 0 Å². The third-order valence-electron chi connectivity index (χ3n) is 2.37. The maximum atomic E-state index is 9.44. The van der Waals surface area contributed by atoms with Crippen molar-refractivity contribution in [2.24, 2.45) is 0 Å². The van der Waals surface area contributed by atoms with Crippen LogP contribution in [-0.2, 0) is 0 Å². The quantitative estimate of drug-likeness (QED) is 0.474. The van der Waals surface area contributed by atoms with Crippen molar-refractivity contribution in [1.29, 1.82) is 0 Å². The summed E-state index contributed by atoms with van der Waals surface area (Å²) in [5.74, 6) is 0. The molecule has 0 amide bonds. The van der Waals surface area contributed by atoms with Gasteiger partial charge in [-0.1, -0.05) is 20.3 Å². The Morgan fingerprint density at radius 1 is 0.786 bits per heavy atom. The van der Waals surface area contributed by atoms with Gasteiger partial charge in [0.05, 0.1) is 24.4 Å². The van der Waals surface area contributed by atoms with Crippen LogP contribution in [0, 0.1) is 0 Å². The lowest BCUT2D eigenvalue weighted by molar-refractivity contribution is -0.0502. The molecule has 0 saturated carbocycles. The monoisotopic (exact) mass is 206 g/mol. The molecule has 14 heavy (non-hydrogen) atoms. The summed E-state index contributed by atoms with van der Waals surface area (Å²) in [6, 6.07) is 0. The lowest BCUT2D eigenvalue weighted by Crippen LogP contribution is -2.35. The zero-order chi connectivity index (χ0) is 11.1. The highest BCUT2D eigenvalue weighted by molar-refractivity contribution is 4.74. The highest BCUT2D eigenvalue weighted by Gasteiger charge is 2.22. The molecule has 0 fully saturated rings. The molecule has 0 aliphatic carbocycles. The third kappa shape index (κ3) is 4.91. The summed E-state index contributed by atoms with van der Waals surface area (Å²) in [6.45, 7) is 3.66. The Bertz CT molecular complexity index is 140. The van der Waals surface area contributed by atoms with Crippen molar-refractivity contribution in [2.75, 3.05) is 0 Å². The molecule has 0 radical (unpaired) electrons. The fourth-order valence-corrected chi connectivity index (χ4v) is 1.32. The fourth-order valence-electron chi connectivity index (χ4n) is 1.32. The Balaban J connectivity index is 3.85. The maximum Gasteiger partial charge on any atom is 0.0824 e. The minimum Gasteiger partial charge on any atom is -0.390 e. The van der Waals surface area contributed by atoms with E-state index in [4.69, 9.17) is 0 Å². The first-order valence-electron chi connectivity index (χ1n) is 5.25. The highest BCUT2D eigenvalue weighted by atomic mass is 16.3. The van der Waals surface area contributed by atoms with Gasteiger partial charge in [0.2, 0.25) is 0 Å². The SMILES string of the molecule is CCC[C@@H](O)[C@@H](O)C[C@H](O)C(O)CC. The second-order valence-corrected chi connectivity index (χ2v) is 3.70. The molecule has 0 saturated heterocycles. The molecule has 0 aromatic carbocycles. The van der Waals surface area contributed by atoms with E-state index in [9.17, 15) is 20.4 Å². The summed E-state index contributed by atoms with van der Waals surface area (Å²) in [5, 5.41) is 37.4. The standard InChI is InChI=1S/C10H22O4/c1-3-5-8(12)10(14)6-9(13)7(11)4-2/h7-14H,3-6H2,1-2H3/t7?,8-,9+,10+/m1/s1. The van der Waals surface area contributed by atoms with Crippen LogP contribution in [0.15, 0.2) is 0 Å². The van der Waals surface area contributed by atoms with Crippen LogP contribution >= 0.6 is 0 Å². The summed E-state index contributed by atoms with van der Waals surface area (Å²) in [7, 11) is 0. The summed E-state index contributed by atoms with van der Waals surface area (Å²) >= 11 is 0. The average molecular weight is 206 g/mol. The van der Waals surface area contributed by atoms with Crippen LogP contribution < -0.4 is 0 Å². The summed E-state index contributed by atoms with van der Waals surface area (Å²) in [6.07, 6.45) is -1.78. The van der Waals surface area contributed by atoms with Crippen molar-refractivity contribution in [1.82, 2.24) is 0 Å².